The van der Waals surface area contributed by atoms with Gasteiger partial charge in [0.25, 0.3) is 11.7 Å². The third-order valence-electron chi connectivity index (χ3n) is 13.5. The first-order valence-corrected chi connectivity index (χ1v) is 22.5. The fraction of sp³-hybridized carbons (Fsp3) is 0.787. The predicted octanol–water partition coefficient (Wildman–Crippen LogP) is 5.61. The summed E-state index contributed by atoms with van der Waals surface area (Å²) in [5.74, 6) is -8.83. The molecule has 1 amide bonds. The second-order valence-electron chi connectivity index (χ2n) is 18.3. The van der Waals surface area contributed by atoms with Crippen molar-refractivity contribution in [2.45, 2.75) is 181 Å². The summed E-state index contributed by atoms with van der Waals surface area (Å²) in [5.41, 5.74) is 1.60. The highest BCUT2D eigenvalue weighted by Crippen LogP contribution is 2.39. The number of cyclic esters (lactones) is 1. The normalized spacial score (nSPS) is 38.5. The van der Waals surface area contributed by atoms with Gasteiger partial charge in [0.05, 0.1) is 18.3 Å². The molecule has 1 saturated carbocycles. The van der Waals surface area contributed by atoms with Gasteiger partial charge in [-0.05, 0) is 95.5 Å². The highest BCUT2D eigenvalue weighted by Gasteiger charge is 2.56. The van der Waals surface area contributed by atoms with E-state index >= 15 is 0 Å². The Kier molecular flexibility index (Phi) is 18.9. The number of hydrogen-bond donors (Lipinski definition) is 1. The van der Waals surface area contributed by atoms with Gasteiger partial charge in [0.1, 0.15) is 36.2 Å². The number of rotatable bonds is 8. The quantitative estimate of drug-likeness (QED) is 0.137. The number of ether oxygens (including phenoxy) is 7. The molecule has 0 radical (unpaired) electrons. The number of esters is 3. The molecule has 4 rings (SSSR count). The smallest absolute Gasteiger partial charge is 0.329 e. The maximum absolute atomic E-state index is 14.6. The summed E-state index contributed by atoms with van der Waals surface area (Å²) >= 11 is 0. The van der Waals surface area contributed by atoms with Gasteiger partial charge in [-0.1, -0.05) is 45.4 Å². The second-order valence-corrected chi connectivity index (χ2v) is 18.3. The fourth-order valence-corrected chi connectivity index (χ4v) is 10.1. The number of nitrogens with zero attached hydrogens (tertiary/aromatic N) is 1. The number of carbonyl (C=O) groups excluding carboxylic acids is 6. The average molecular weight is 876 g/mol. The van der Waals surface area contributed by atoms with Crippen LogP contribution in [0, 0.1) is 29.6 Å². The first-order chi connectivity index (χ1) is 29.3. The van der Waals surface area contributed by atoms with E-state index in [0.29, 0.717) is 56.9 Å². The van der Waals surface area contributed by atoms with Crippen molar-refractivity contribution in [3.63, 3.8) is 0 Å². The molecule has 350 valence electrons. The molecule has 1 unspecified atom stereocenters. The lowest BCUT2D eigenvalue weighted by Gasteiger charge is -2.47. The van der Waals surface area contributed by atoms with Crippen molar-refractivity contribution in [1.29, 1.82) is 0 Å². The minimum Gasteiger partial charge on any atom is -0.462 e. The number of piperidine rings is 1. The van der Waals surface area contributed by atoms with Gasteiger partial charge >= 0.3 is 17.9 Å². The van der Waals surface area contributed by atoms with E-state index in [9.17, 15) is 33.9 Å². The predicted molar refractivity (Wildman–Crippen MR) is 227 cm³/mol. The Morgan fingerprint density at radius 1 is 0.839 bits per heavy atom. The molecule has 15 nitrogen and oxygen atoms in total. The largest absolute Gasteiger partial charge is 0.462 e. The zero-order valence-electron chi connectivity index (χ0n) is 38.8. The van der Waals surface area contributed by atoms with E-state index in [2.05, 4.69) is 0 Å². The molecule has 2 saturated heterocycles. The number of allylic oxidation sites excluding steroid dienone is 3. The topological polar surface area (TPSA) is 190 Å². The Bertz CT molecular complexity index is 1660. The molecule has 62 heavy (non-hydrogen) atoms. The summed E-state index contributed by atoms with van der Waals surface area (Å²) in [5, 5.41) is 12.1. The van der Waals surface area contributed by atoms with E-state index < -0.39 is 95.8 Å². The number of ketones is 2. The van der Waals surface area contributed by atoms with Crippen molar-refractivity contribution in [3.05, 3.63) is 23.3 Å². The third kappa shape index (κ3) is 12.6. The number of Topliss-reactive ketones (excluding diaryl/α,β-unsaturated/α-hetero) is 2. The van der Waals surface area contributed by atoms with Crippen LogP contribution in [0.4, 0.5) is 0 Å². The van der Waals surface area contributed by atoms with Crippen LogP contribution >= 0.6 is 0 Å². The summed E-state index contributed by atoms with van der Waals surface area (Å²) in [6, 6.07) is -1.18. The van der Waals surface area contributed by atoms with E-state index in [4.69, 9.17) is 33.2 Å². The number of amides is 1. The maximum atomic E-state index is 14.6. The molecule has 14 atom stereocenters. The van der Waals surface area contributed by atoms with Crippen LogP contribution < -0.4 is 0 Å². The average Bonchev–Trinajstić information content (AvgIpc) is 3.23. The van der Waals surface area contributed by atoms with Crippen molar-refractivity contribution in [2.75, 3.05) is 27.9 Å². The van der Waals surface area contributed by atoms with Gasteiger partial charge in [0, 0.05) is 65.9 Å². The molecular weight excluding hydrogens is 803 g/mol. The van der Waals surface area contributed by atoms with Crippen LogP contribution in [0.1, 0.15) is 126 Å². The molecule has 3 heterocycles. The fourth-order valence-electron chi connectivity index (χ4n) is 10.1. The van der Waals surface area contributed by atoms with Crippen molar-refractivity contribution in [2.24, 2.45) is 29.6 Å². The maximum Gasteiger partial charge on any atom is 0.329 e. The summed E-state index contributed by atoms with van der Waals surface area (Å²) in [6.45, 7) is 13.8. The van der Waals surface area contributed by atoms with Crippen LogP contribution in [0.3, 0.4) is 0 Å². The lowest BCUT2D eigenvalue weighted by Crippen LogP contribution is -2.64. The monoisotopic (exact) mass is 876 g/mol. The first-order valence-electron chi connectivity index (χ1n) is 22.5. The highest BCUT2D eigenvalue weighted by atomic mass is 16.7. The molecule has 0 aromatic carbocycles. The van der Waals surface area contributed by atoms with Crippen LogP contribution in [0.25, 0.3) is 0 Å². The third-order valence-corrected chi connectivity index (χ3v) is 13.5. The van der Waals surface area contributed by atoms with Gasteiger partial charge in [-0.25, -0.2) is 4.79 Å². The van der Waals surface area contributed by atoms with Crippen molar-refractivity contribution < 1.29 is 67.0 Å². The number of methoxy groups -OCH3 is 3. The summed E-state index contributed by atoms with van der Waals surface area (Å²) < 4.78 is 41.6. The van der Waals surface area contributed by atoms with E-state index in [1.165, 1.54) is 33.0 Å². The molecule has 1 aliphatic carbocycles. The standard InChI is InChI=1S/C47H73NO14/c1-12-34-20-26(2)19-27(3)21-40(57-10)43-41(58-11)23-29(5)47(55,62-43)44(52)45(53)48-18-14-13-15-35(48)46(54)61-42(30(6)38(25-36(34)51)60-32(8)50)28(4)22-33-16-17-37(59-31(7)49)39(24-33)56-9/h20,22,27,29-30,33-35,37-43,55H,12-19,21,23-25H2,1-11H3/b26-20+,28-22+/t27-,29+,30-,33?,34+,35-,37+,38-,39+,40-,41-,42+,43+,47+/m0/s1. The van der Waals surface area contributed by atoms with Crippen LogP contribution in [-0.2, 0) is 61.9 Å². The van der Waals surface area contributed by atoms with Crippen LogP contribution in [0.5, 0.6) is 0 Å². The molecular formula is C47H73NO14. The molecule has 4 aliphatic rings. The van der Waals surface area contributed by atoms with Crippen LogP contribution in [-0.4, -0.2) is 128 Å². The minimum absolute atomic E-state index is 0.00119. The van der Waals surface area contributed by atoms with Crippen molar-refractivity contribution in [1.82, 2.24) is 4.90 Å². The van der Waals surface area contributed by atoms with Gasteiger partial charge in [0.15, 0.2) is 0 Å². The Hall–Kier alpha value is -3.50. The summed E-state index contributed by atoms with van der Waals surface area (Å²) in [4.78, 5) is 83.1. The van der Waals surface area contributed by atoms with Crippen molar-refractivity contribution in [3.8, 4) is 0 Å². The van der Waals surface area contributed by atoms with Gasteiger partial charge in [0.2, 0.25) is 5.79 Å². The molecule has 0 spiro atoms. The molecule has 3 aliphatic heterocycles. The summed E-state index contributed by atoms with van der Waals surface area (Å²) in [7, 11) is 4.61. The number of carbonyl (C=O) groups is 6. The molecule has 2 bridgehead atoms. The zero-order chi connectivity index (χ0) is 46.1. The Morgan fingerprint density at radius 2 is 1.47 bits per heavy atom. The molecule has 15 heteroatoms. The molecule has 3 fully saturated rings. The Balaban J connectivity index is 1.82. The van der Waals surface area contributed by atoms with Gasteiger partial charge in [-0.2, -0.15) is 0 Å². The number of fused-ring (bicyclic) bond motifs is 3. The molecule has 1 N–H and O–H groups in total. The van der Waals surface area contributed by atoms with Crippen LogP contribution in [0.15, 0.2) is 23.3 Å². The molecule has 0 aromatic rings. The summed E-state index contributed by atoms with van der Waals surface area (Å²) in [6.07, 6.45) is 3.61. The van der Waals surface area contributed by atoms with Gasteiger partial charge < -0.3 is 43.2 Å². The first kappa shape index (κ1) is 51.1. The Labute approximate surface area is 367 Å². The number of hydrogen-bond acceptors (Lipinski definition) is 14. The lowest BCUT2D eigenvalue weighted by atomic mass is 9.81. The van der Waals surface area contributed by atoms with E-state index in [1.54, 1.807) is 21.0 Å². The van der Waals surface area contributed by atoms with E-state index in [-0.39, 0.29) is 49.5 Å². The van der Waals surface area contributed by atoms with Gasteiger partial charge in [-0.15, -0.1) is 0 Å². The van der Waals surface area contributed by atoms with E-state index in [1.807, 2.05) is 39.8 Å². The zero-order valence-corrected chi connectivity index (χ0v) is 38.8. The number of aliphatic hydroxyl groups is 1. The SMILES string of the molecule is CC[C@@H]1/C=C(\C)C[C@H](C)C[C@H](OC)[C@H]2O[C@@](O)(C(=O)C(=O)N3CCCC[C@H]3C(=O)O[C@H](/C(C)=C/C3CC[C@@H](OC(C)=O)[C@H](OC)C3)[C@@H](C)[C@@H](OC(C)=O)CC1=O)[C@H](C)C[C@@H]2OC. The second kappa shape index (κ2) is 22.9. The van der Waals surface area contributed by atoms with Crippen molar-refractivity contribution >= 4 is 35.4 Å². The Morgan fingerprint density at radius 3 is 2.08 bits per heavy atom. The molecule has 0 aromatic heterocycles. The van der Waals surface area contributed by atoms with E-state index in [0.717, 1.165) is 5.57 Å². The highest BCUT2D eigenvalue weighted by molar-refractivity contribution is 6.39. The van der Waals surface area contributed by atoms with Gasteiger partial charge in [-0.3, -0.25) is 24.0 Å². The minimum atomic E-state index is -2.53. The lowest BCUT2D eigenvalue weighted by molar-refractivity contribution is -0.302. The van der Waals surface area contributed by atoms with Crippen LogP contribution in [0.2, 0.25) is 0 Å².